The van der Waals surface area contributed by atoms with Crippen molar-refractivity contribution in [2.75, 3.05) is 26.3 Å². The summed E-state index contributed by atoms with van der Waals surface area (Å²) in [6.45, 7) is 8.50. The Morgan fingerprint density at radius 1 is 1.50 bits per heavy atom. The van der Waals surface area contributed by atoms with Gasteiger partial charge in [-0.3, -0.25) is 4.79 Å². The highest BCUT2D eigenvalue weighted by molar-refractivity contribution is 5.84. The molecule has 1 fully saturated rings. The van der Waals surface area contributed by atoms with Crippen molar-refractivity contribution in [3.8, 4) is 0 Å². The highest BCUT2D eigenvalue weighted by Gasteiger charge is 2.44. The molecule has 0 spiro atoms. The molecule has 1 aliphatic rings. The summed E-state index contributed by atoms with van der Waals surface area (Å²) in [5, 5.41) is 3.00. The lowest BCUT2D eigenvalue weighted by Crippen LogP contribution is -2.59. The summed E-state index contributed by atoms with van der Waals surface area (Å²) in [6.07, 6.45) is 2.24. The number of carbonyl (C=O) groups is 1. The Balaban J connectivity index is 2.40. The van der Waals surface area contributed by atoms with Crippen LogP contribution in [-0.4, -0.2) is 32.2 Å². The summed E-state index contributed by atoms with van der Waals surface area (Å²) >= 11 is 0. The number of hydrogen-bond donors (Lipinski definition) is 2. The van der Waals surface area contributed by atoms with Crippen molar-refractivity contribution >= 4 is 5.91 Å². The molecule has 1 amide bonds. The second-order valence-electron chi connectivity index (χ2n) is 5.57. The largest absolute Gasteiger partial charge is 0.379 e. The van der Waals surface area contributed by atoms with Crippen LogP contribution in [0.3, 0.4) is 0 Å². The number of carbonyl (C=O) groups excluding carboxylic acids is 1. The highest BCUT2D eigenvalue weighted by Crippen LogP contribution is 2.27. The van der Waals surface area contributed by atoms with Crippen molar-refractivity contribution in [2.45, 2.75) is 33.6 Å². The Labute approximate surface area is 97.9 Å². The molecule has 16 heavy (non-hydrogen) atoms. The van der Waals surface area contributed by atoms with Gasteiger partial charge in [-0.1, -0.05) is 27.2 Å². The maximum absolute atomic E-state index is 12.0. The average molecular weight is 228 g/mol. The monoisotopic (exact) mass is 228 g/mol. The van der Waals surface area contributed by atoms with Gasteiger partial charge in [0.25, 0.3) is 0 Å². The summed E-state index contributed by atoms with van der Waals surface area (Å²) in [5.74, 6) is 0.0467. The van der Waals surface area contributed by atoms with Gasteiger partial charge in [0.2, 0.25) is 5.91 Å². The Hall–Kier alpha value is -0.610. The summed E-state index contributed by atoms with van der Waals surface area (Å²) in [5.41, 5.74) is 5.33. The molecule has 1 rings (SSSR count). The van der Waals surface area contributed by atoms with E-state index in [0.29, 0.717) is 26.3 Å². The molecule has 0 radical (unpaired) electrons. The second-order valence-corrected chi connectivity index (χ2v) is 5.57. The zero-order valence-electron chi connectivity index (χ0n) is 10.6. The third-order valence-corrected chi connectivity index (χ3v) is 3.28. The van der Waals surface area contributed by atoms with Crippen LogP contribution >= 0.6 is 0 Å². The van der Waals surface area contributed by atoms with Crippen molar-refractivity contribution in [3.63, 3.8) is 0 Å². The third kappa shape index (κ3) is 2.95. The molecule has 4 heteroatoms. The Kier molecular flexibility index (Phi) is 4.33. The first-order valence-corrected chi connectivity index (χ1v) is 6.02. The van der Waals surface area contributed by atoms with Gasteiger partial charge in [0.15, 0.2) is 0 Å². The fourth-order valence-electron chi connectivity index (χ4n) is 1.96. The Morgan fingerprint density at radius 3 is 2.50 bits per heavy atom. The Morgan fingerprint density at radius 2 is 2.12 bits per heavy atom. The van der Waals surface area contributed by atoms with Crippen molar-refractivity contribution < 1.29 is 9.53 Å². The van der Waals surface area contributed by atoms with Gasteiger partial charge in [-0.25, -0.2) is 0 Å². The molecule has 0 bridgehead atoms. The fourth-order valence-corrected chi connectivity index (χ4v) is 1.96. The molecule has 0 unspecified atom stereocenters. The van der Waals surface area contributed by atoms with E-state index in [1.165, 1.54) is 0 Å². The molecular formula is C12H24N2O2. The van der Waals surface area contributed by atoms with E-state index in [1.54, 1.807) is 0 Å². The van der Waals surface area contributed by atoms with E-state index in [-0.39, 0.29) is 11.3 Å². The molecule has 0 aromatic carbocycles. The van der Waals surface area contributed by atoms with Crippen LogP contribution in [0, 0.1) is 10.8 Å². The van der Waals surface area contributed by atoms with Gasteiger partial charge in [-0.05, 0) is 11.8 Å². The number of nitrogens with one attached hydrogen (secondary N) is 1. The molecule has 3 N–H and O–H groups in total. The number of nitrogens with two attached hydrogens (primary N) is 1. The van der Waals surface area contributed by atoms with Crippen LogP contribution < -0.4 is 11.1 Å². The van der Waals surface area contributed by atoms with E-state index in [9.17, 15) is 4.79 Å². The quantitative estimate of drug-likeness (QED) is 0.710. The van der Waals surface area contributed by atoms with Crippen LogP contribution in [0.2, 0.25) is 0 Å². The smallest absolute Gasteiger partial charge is 0.232 e. The molecule has 0 aromatic heterocycles. The highest BCUT2D eigenvalue weighted by atomic mass is 16.5. The lowest BCUT2D eigenvalue weighted by Gasteiger charge is -2.39. The van der Waals surface area contributed by atoms with Gasteiger partial charge in [0.05, 0.1) is 13.2 Å². The third-order valence-electron chi connectivity index (χ3n) is 3.28. The van der Waals surface area contributed by atoms with E-state index in [1.807, 2.05) is 0 Å². The van der Waals surface area contributed by atoms with Crippen molar-refractivity contribution in [3.05, 3.63) is 0 Å². The number of ether oxygens (including phenoxy) is 1. The molecule has 0 atom stereocenters. The molecule has 1 aliphatic heterocycles. The zero-order valence-corrected chi connectivity index (χ0v) is 10.6. The first-order chi connectivity index (χ1) is 7.46. The van der Waals surface area contributed by atoms with Crippen LogP contribution in [0.5, 0.6) is 0 Å². The van der Waals surface area contributed by atoms with E-state index >= 15 is 0 Å². The standard InChI is InChI=1S/C12H24N2O2/c1-4-5-11(2,3)7-14-10(15)12(6-13)8-16-9-12/h4-9,13H2,1-3H3,(H,14,15). The molecule has 94 valence electrons. The lowest BCUT2D eigenvalue weighted by atomic mass is 9.83. The van der Waals surface area contributed by atoms with E-state index < -0.39 is 5.41 Å². The maximum Gasteiger partial charge on any atom is 0.232 e. The van der Waals surface area contributed by atoms with E-state index in [4.69, 9.17) is 10.5 Å². The molecule has 1 heterocycles. The van der Waals surface area contributed by atoms with E-state index in [0.717, 1.165) is 12.8 Å². The van der Waals surface area contributed by atoms with Gasteiger partial charge in [-0.2, -0.15) is 0 Å². The first-order valence-electron chi connectivity index (χ1n) is 6.02. The van der Waals surface area contributed by atoms with Gasteiger partial charge in [0, 0.05) is 13.1 Å². The van der Waals surface area contributed by atoms with Crippen LogP contribution in [0.1, 0.15) is 33.6 Å². The maximum atomic E-state index is 12.0. The van der Waals surface area contributed by atoms with Gasteiger partial charge < -0.3 is 15.8 Å². The Bertz CT molecular complexity index is 242. The summed E-state index contributed by atoms with van der Waals surface area (Å²) in [6, 6.07) is 0. The molecule has 0 aliphatic carbocycles. The van der Waals surface area contributed by atoms with Crippen molar-refractivity contribution in [2.24, 2.45) is 16.6 Å². The van der Waals surface area contributed by atoms with Gasteiger partial charge in [-0.15, -0.1) is 0 Å². The SMILES string of the molecule is CCCC(C)(C)CNC(=O)C1(CN)COC1. The van der Waals surface area contributed by atoms with Crippen LogP contribution in [-0.2, 0) is 9.53 Å². The van der Waals surface area contributed by atoms with Crippen LogP contribution in [0.25, 0.3) is 0 Å². The number of hydrogen-bond acceptors (Lipinski definition) is 3. The predicted molar refractivity (Wildman–Crippen MR) is 64.0 cm³/mol. The van der Waals surface area contributed by atoms with Crippen molar-refractivity contribution in [1.29, 1.82) is 0 Å². The topological polar surface area (TPSA) is 64.4 Å². The van der Waals surface area contributed by atoms with E-state index in [2.05, 4.69) is 26.1 Å². The molecule has 4 nitrogen and oxygen atoms in total. The molecule has 0 aromatic rings. The second kappa shape index (κ2) is 5.15. The zero-order chi connectivity index (χ0) is 12.2. The average Bonchev–Trinajstić information content (AvgIpc) is 2.14. The summed E-state index contributed by atoms with van der Waals surface area (Å²) < 4.78 is 5.09. The number of amides is 1. The minimum absolute atomic E-state index is 0.0467. The summed E-state index contributed by atoms with van der Waals surface area (Å²) in [7, 11) is 0. The first kappa shape index (κ1) is 13.5. The van der Waals surface area contributed by atoms with Gasteiger partial charge in [0.1, 0.15) is 5.41 Å². The van der Waals surface area contributed by atoms with Crippen LogP contribution in [0.15, 0.2) is 0 Å². The van der Waals surface area contributed by atoms with Crippen molar-refractivity contribution in [1.82, 2.24) is 5.32 Å². The minimum Gasteiger partial charge on any atom is -0.379 e. The van der Waals surface area contributed by atoms with Crippen LogP contribution in [0.4, 0.5) is 0 Å². The molecule has 0 saturated carbocycles. The minimum atomic E-state index is -0.456. The number of rotatable bonds is 6. The fraction of sp³-hybridized carbons (Fsp3) is 0.917. The lowest BCUT2D eigenvalue weighted by molar-refractivity contribution is -0.159. The summed E-state index contributed by atoms with van der Waals surface area (Å²) in [4.78, 5) is 12.0. The normalized spacial score (nSPS) is 19.0. The van der Waals surface area contributed by atoms with Gasteiger partial charge >= 0.3 is 0 Å². The predicted octanol–water partition coefficient (Wildman–Crippen LogP) is 0.904. The molecular weight excluding hydrogens is 204 g/mol. The molecule has 1 saturated heterocycles.